The van der Waals surface area contributed by atoms with E-state index < -0.39 is 0 Å². The SMILES string of the molecule is N#CC(NC1CC1)c1ccccc1. The molecule has 2 heteroatoms. The van der Waals surface area contributed by atoms with Gasteiger partial charge >= 0.3 is 0 Å². The lowest BCUT2D eigenvalue weighted by molar-refractivity contribution is 0.626. The lowest BCUT2D eigenvalue weighted by Gasteiger charge is -2.09. The lowest BCUT2D eigenvalue weighted by Crippen LogP contribution is -2.21. The van der Waals surface area contributed by atoms with E-state index in [9.17, 15) is 0 Å². The van der Waals surface area contributed by atoms with Crippen LogP contribution in [0.5, 0.6) is 0 Å². The zero-order valence-corrected chi connectivity index (χ0v) is 7.40. The van der Waals surface area contributed by atoms with Crippen LogP contribution in [0.25, 0.3) is 0 Å². The predicted molar refractivity (Wildman–Crippen MR) is 51.0 cm³/mol. The van der Waals surface area contributed by atoms with Crippen molar-refractivity contribution in [2.24, 2.45) is 0 Å². The molecule has 0 saturated heterocycles. The van der Waals surface area contributed by atoms with Gasteiger partial charge in [-0.25, -0.2) is 0 Å². The molecular weight excluding hydrogens is 160 g/mol. The highest BCUT2D eigenvalue weighted by Crippen LogP contribution is 2.23. The van der Waals surface area contributed by atoms with Gasteiger partial charge in [0.25, 0.3) is 0 Å². The van der Waals surface area contributed by atoms with Gasteiger partial charge in [-0.15, -0.1) is 0 Å². The Morgan fingerprint density at radius 1 is 1.31 bits per heavy atom. The van der Waals surface area contributed by atoms with Crippen molar-refractivity contribution in [3.63, 3.8) is 0 Å². The molecule has 1 saturated carbocycles. The Labute approximate surface area is 78.2 Å². The number of nitriles is 1. The summed E-state index contributed by atoms with van der Waals surface area (Å²) in [5.74, 6) is 0. The molecule has 0 aliphatic heterocycles. The summed E-state index contributed by atoms with van der Waals surface area (Å²) >= 11 is 0. The first-order valence-corrected chi connectivity index (χ1v) is 4.61. The molecule has 1 aromatic carbocycles. The molecule has 2 rings (SSSR count). The lowest BCUT2D eigenvalue weighted by atomic mass is 10.1. The molecule has 1 N–H and O–H groups in total. The molecule has 2 nitrogen and oxygen atoms in total. The molecule has 13 heavy (non-hydrogen) atoms. The fraction of sp³-hybridized carbons (Fsp3) is 0.364. The standard InChI is InChI=1S/C11H12N2/c12-8-11(13-10-6-7-10)9-4-2-1-3-5-9/h1-5,10-11,13H,6-7H2. The molecule has 0 amide bonds. The van der Waals surface area contributed by atoms with Crippen LogP contribution >= 0.6 is 0 Å². The van der Waals surface area contributed by atoms with E-state index in [1.54, 1.807) is 0 Å². The van der Waals surface area contributed by atoms with E-state index in [1.807, 2.05) is 30.3 Å². The maximum atomic E-state index is 8.94. The first kappa shape index (κ1) is 8.28. The molecule has 0 radical (unpaired) electrons. The molecule has 1 aromatic rings. The molecule has 1 aliphatic carbocycles. The van der Waals surface area contributed by atoms with E-state index >= 15 is 0 Å². The van der Waals surface area contributed by atoms with E-state index in [0.29, 0.717) is 6.04 Å². The average molecular weight is 172 g/mol. The van der Waals surface area contributed by atoms with Crippen molar-refractivity contribution in [1.82, 2.24) is 5.32 Å². The number of rotatable bonds is 3. The minimum Gasteiger partial charge on any atom is -0.295 e. The number of nitrogens with one attached hydrogen (secondary N) is 1. The Bertz CT molecular complexity index is 309. The summed E-state index contributed by atoms with van der Waals surface area (Å²) in [7, 11) is 0. The van der Waals surface area contributed by atoms with Gasteiger partial charge in [0.1, 0.15) is 6.04 Å². The number of hydrogen-bond donors (Lipinski definition) is 1. The van der Waals surface area contributed by atoms with Gasteiger partial charge < -0.3 is 0 Å². The highest BCUT2D eigenvalue weighted by Gasteiger charge is 2.24. The van der Waals surface area contributed by atoms with Crippen molar-refractivity contribution in [2.45, 2.75) is 24.9 Å². The molecule has 1 unspecified atom stereocenters. The van der Waals surface area contributed by atoms with Crippen LogP contribution in [0.2, 0.25) is 0 Å². The monoisotopic (exact) mass is 172 g/mol. The summed E-state index contributed by atoms with van der Waals surface area (Å²) in [5.41, 5.74) is 1.07. The summed E-state index contributed by atoms with van der Waals surface area (Å²) in [6, 6.07) is 12.6. The van der Waals surface area contributed by atoms with Crippen LogP contribution in [0.3, 0.4) is 0 Å². The van der Waals surface area contributed by atoms with E-state index in [2.05, 4.69) is 11.4 Å². The summed E-state index contributed by atoms with van der Waals surface area (Å²) in [6.45, 7) is 0. The normalized spacial score (nSPS) is 17.8. The summed E-state index contributed by atoms with van der Waals surface area (Å²) in [5, 5.41) is 12.2. The quantitative estimate of drug-likeness (QED) is 0.757. The second-order valence-electron chi connectivity index (χ2n) is 3.41. The Morgan fingerprint density at radius 3 is 2.54 bits per heavy atom. The van der Waals surface area contributed by atoms with Crippen LogP contribution in [0.1, 0.15) is 24.4 Å². The molecule has 0 aromatic heterocycles. The fourth-order valence-corrected chi connectivity index (χ4v) is 1.34. The second-order valence-corrected chi connectivity index (χ2v) is 3.41. The molecular formula is C11H12N2. The van der Waals surface area contributed by atoms with Gasteiger partial charge in [-0.2, -0.15) is 5.26 Å². The van der Waals surface area contributed by atoms with E-state index in [1.165, 1.54) is 12.8 Å². The summed E-state index contributed by atoms with van der Waals surface area (Å²) < 4.78 is 0. The summed E-state index contributed by atoms with van der Waals surface area (Å²) in [6.07, 6.45) is 2.43. The second kappa shape index (κ2) is 3.59. The Hall–Kier alpha value is -1.33. The Kier molecular flexibility index (Phi) is 2.29. The van der Waals surface area contributed by atoms with Crippen LogP contribution < -0.4 is 5.32 Å². The molecule has 1 atom stereocenters. The van der Waals surface area contributed by atoms with Gasteiger partial charge in [0.05, 0.1) is 6.07 Å². The highest BCUT2D eigenvalue weighted by molar-refractivity contribution is 5.24. The molecule has 0 spiro atoms. The Balaban J connectivity index is 2.08. The van der Waals surface area contributed by atoms with E-state index in [4.69, 9.17) is 5.26 Å². The van der Waals surface area contributed by atoms with Gasteiger partial charge in [-0.1, -0.05) is 30.3 Å². The van der Waals surface area contributed by atoms with E-state index in [0.717, 1.165) is 5.56 Å². The van der Waals surface area contributed by atoms with Crippen molar-refractivity contribution in [3.05, 3.63) is 35.9 Å². The molecule has 1 fully saturated rings. The largest absolute Gasteiger partial charge is 0.295 e. The van der Waals surface area contributed by atoms with Crippen molar-refractivity contribution in [1.29, 1.82) is 5.26 Å². The van der Waals surface area contributed by atoms with Crippen molar-refractivity contribution >= 4 is 0 Å². The van der Waals surface area contributed by atoms with Crippen LogP contribution in [0.4, 0.5) is 0 Å². The number of benzene rings is 1. The zero-order valence-electron chi connectivity index (χ0n) is 7.40. The first-order chi connectivity index (χ1) is 6.40. The van der Waals surface area contributed by atoms with Gasteiger partial charge in [-0.05, 0) is 18.4 Å². The average Bonchev–Trinajstić information content (AvgIpc) is 2.99. The fourth-order valence-electron chi connectivity index (χ4n) is 1.34. The number of hydrogen-bond acceptors (Lipinski definition) is 2. The third kappa shape index (κ3) is 2.07. The minimum atomic E-state index is -0.131. The zero-order chi connectivity index (χ0) is 9.10. The van der Waals surface area contributed by atoms with Crippen LogP contribution in [0, 0.1) is 11.3 Å². The number of nitrogens with zero attached hydrogens (tertiary/aromatic N) is 1. The van der Waals surface area contributed by atoms with Gasteiger partial charge in [0, 0.05) is 6.04 Å². The third-order valence-corrected chi connectivity index (χ3v) is 2.24. The van der Waals surface area contributed by atoms with Crippen LogP contribution in [-0.4, -0.2) is 6.04 Å². The van der Waals surface area contributed by atoms with Crippen LogP contribution in [0.15, 0.2) is 30.3 Å². The van der Waals surface area contributed by atoms with Crippen molar-refractivity contribution in [3.8, 4) is 6.07 Å². The predicted octanol–water partition coefficient (Wildman–Crippen LogP) is 2.00. The van der Waals surface area contributed by atoms with Gasteiger partial charge in [-0.3, -0.25) is 5.32 Å². The van der Waals surface area contributed by atoms with E-state index in [-0.39, 0.29) is 6.04 Å². The molecule has 0 bridgehead atoms. The topological polar surface area (TPSA) is 35.8 Å². The first-order valence-electron chi connectivity index (χ1n) is 4.61. The smallest absolute Gasteiger partial charge is 0.121 e. The molecule has 0 heterocycles. The summed E-state index contributed by atoms with van der Waals surface area (Å²) in [4.78, 5) is 0. The third-order valence-electron chi connectivity index (χ3n) is 2.24. The van der Waals surface area contributed by atoms with Crippen LogP contribution in [-0.2, 0) is 0 Å². The Morgan fingerprint density at radius 2 is 2.00 bits per heavy atom. The molecule has 66 valence electrons. The van der Waals surface area contributed by atoms with Crippen molar-refractivity contribution in [2.75, 3.05) is 0 Å². The van der Waals surface area contributed by atoms with Crippen molar-refractivity contribution < 1.29 is 0 Å². The molecule has 1 aliphatic rings. The van der Waals surface area contributed by atoms with Gasteiger partial charge in [0.15, 0.2) is 0 Å². The minimum absolute atomic E-state index is 0.131. The highest BCUT2D eigenvalue weighted by atomic mass is 15.0. The maximum absolute atomic E-state index is 8.94. The maximum Gasteiger partial charge on any atom is 0.121 e. The van der Waals surface area contributed by atoms with Gasteiger partial charge in [0.2, 0.25) is 0 Å².